The number of carbonyl (C=O) groups excluding carboxylic acids is 2. The van der Waals surface area contributed by atoms with Gasteiger partial charge in [0.1, 0.15) is 17.2 Å². The lowest BCUT2D eigenvalue weighted by Crippen LogP contribution is -2.29. The third-order valence-electron chi connectivity index (χ3n) is 4.37. The molecule has 25 heavy (non-hydrogen) atoms. The zero-order chi connectivity index (χ0) is 18.1. The summed E-state index contributed by atoms with van der Waals surface area (Å²) in [7, 11) is 0. The first-order chi connectivity index (χ1) is 11.9. The Morgan fingerprint density at radius 1 is 1.12 bits per heavy atom. The number of ether oxygens (including phenoxy) is 1. The molecular weight excluding hydrogens is 320 g/mol. The zero-order valence-corrected chi connectivity index (χ0v) is 14.2. The fourth-order valence-electron chi connectivity index (χ4n) is 3.24. The molecule has 6 heteroatoms. The Morgan fingerprint density at radius 3 is 2.40 bits per heavy atom. The van der Waals surface area contributed by atoms with Crippen LogP contribution in [-0.4, -0.2) is 16.9 Å². The molecule has 0 bridgehead atoms. The second kappa shape index (κ2) is 6.47. The van der Waals surface area contributed by atoms with Gasteiger partial charge in [0, 0.05) is 16.8 Å². The monoisotopic (exact) mass is 340 g/mol. The van der Waals surface area contributed by atoms with Crippen LogP contribution < -0.4 is 15.8 Å². The molecule has 4 N–H and O–H groups in total. The van der Waals surface area contributed by atoms with Gasteiger partial charge >= 0.3 is 11.8 Å². The molecule has 0 aromatic heterocycles. The molecule has 130 valence electrons. The van der Waals surface area contributed by atoms with Gasteiger partial charge in [-0.05, 0) is 68.5 Å². The average Bonchev–Trinajstić information content (AvgIpc) is 3.03. The lowest BCUT2D eigenvalue weighted by molar-refractivity contribution is -0.134. The highest BCUT2D eigenvalue weighted by Crippen LogP contribution is 2.40. The van der Waals surface area contributed by atoms with Gasteiger partial charge in [-0.2, -0.15) is 0 Å². The number of amides is 2. The van der Waals surface area contributed by atoms with Crippen molar-refractivity contribution in [2.45, 2.75) is 33.1 Å². The molecule has 0 saturated heterocycles. The molecule has 0 fully saturated rings. The maximum atomic E-state index is 11.4. The van der Waals surface area contributed by atoms with Crippen LogP contribution in [-0.2, 0) is 22.4 Å². The van der Waals surface area contributed by atoms with Gasteiger partial charge in [-0.1, -0.05) is 0 Å². The summed E-state index contributed by atoms with van der Waals surface area (Å²) in [4.78, 5) is 22.3. The highest BCUT2D eigenvalue weighted by molar-refractivity contribution is 6.39. The number of hydrogen-bond acceptors (Lipinski definition) is 4. The zero-order valence-electron chi connectivity index (χ0n) is 14.2. The summed E-state index contributed by atoms with van der Waals surface area (Å²) in [5.41, 5.74) is 9.09. The highest BCUT2D eigenvalue weighted by Gasteiger charge is 2.21. The van der Waals surface area contributed by atoms with Crippen molar-refractivity contribution in [3.05, 3.63) is 46.5 Å². The number of hydrogen-bond donors (Lipinski definition) is 3. The van der Waals surface area contributed by atoms with Gasteiger partial charge in [0.15, 0.2) is 0 Å². The number of rotatable bonds is 3. The Labute approximate surface area is 145 Å². The van der Waals surface area contributed by atoms with Crippen molar-refractivity contribution in [3.8, 4) is 17.2 Å². The third-order valence-corrected chi connectivity index (χ3v) is 4.37. The first kappa shape index (κ1) is 16.8. The van der Waals surface area contributed by atoms with Crippen LogP contribution in [0.5, 0.6) is 17.2 Å². The van der Waals surface area contributed by atoms with E-state index in [2.05, 4.69) is 5.32 Å². The number of primary amides is 1. The number of benzene rings is 2. The molecule has 1 aliphatic rings. The number of aromatic hydroxyl groups is 1. The third kappa shape index (κ3) is 3.28. The summed E-state index contributed by atoms with van der Waals surface area (Å²) < 4.78 is 6.13. The maximum absolute atomic E-state index is 11.4. The molecule has 3 rings (SSSR count). The Balaban J connectivity index is 1.91. The predicted molar refractivity (Wildman–Crippen MR) is 93.9 cm³/mol. The van der Waals surface area contributed by atoms with E-state index in [1.165, 1.54) is 0 Å². The smallest absolute Gasteiger partial charge is 0.313 e. The fourth-order valence-corrected chi connectivity index (χ4v) is 3.24. The molecule has 0 aliphatic heterocycles. The molecule has 0 unspecified atom stereocenters. The van der Waals surface area contributed by atoms with Crippen molar-refractivity contribution in [2.24, 2.45) is 5.73 Å². The summed E-state index contributed by atoms with van der Waals surface area (Å²) in [6.07, 6.45) is 2.73. The summed E-state index contributed by atoms with van der Waals surface area (Å²) in [5, 5.41) is 12.4. The Bertz CT molecular complexity index is 851. The molecule has 2 aromatic rings. The molecule has 0 radical (unpaired) electrons. The molecule has 2 amide bonds. The molecule has 0 atom stereocenters. The summed E-state index contributed by atoms with van der Waals surface area (Å²) >= 11 is 0. The van der Waals surface area contributed by atoms with Crippen LogP contribution >= 0.6 is 0 Å². The van der Waals surface area contributed by atoms with E-state index in [0.29, 0.717) is 17.2 Å². The average molecular weight is 340 g/mol. The quantitative estimate of drug-likeness (QED) is 0.748. The number of phenols is 1. The standard InChI is InChI=1S/C19H20N2O4/c1-10-8-12(21-19(24)18(20)23)9-11(2)17(10)25-16-7-6-15(22)13-4-3-5-14(13)16/h6-9,22H,3-5H2,1-2H3,(H2,20,23)(H,21,24). The van der Waals surface area contributed by atoms with E-state index in [4.69, 9.17) is 10.5 Å². The van der Waals surface area contributed by atoms with Gasteiger partial charge in [-0.25, -0.2) is 0 Å². The number of nitrogens with one attached hydrogen (secondary N) is 1. The van der Waals surface area contributed by atoms with Crippen LogP contribution in [0, 0.1) is 13.8 Å². The lowest BCUT2D eigenvalue weighted by Gasteiger charge is -2.16. The number of anilines is 1. The first-order valence-electron chi connectivity index (χ1n) is 8.10. The molecule has 0 heterocycles. The molecule has 6 nitrogen and oxygen atoms in total. The van der Waals surface area contributed by atoms with Gasteiger partial charge in [-0.3, -0.25) is 9.59 Å². The summed E-state index contributed by atoms with van der Waals surface area (Å²) in [6.45, 7) is 3.73. The molecule has 0 spiro atoms. The SMILES string of the molecule is Cc1cc(NC(=O)C(N)=O)cc(C)c1Oc1ccc(O)c2c1CCC2. The second-order valence-electron chi connectivity index (χ2n) is 6.25. The summed E-state index contributed by atoms with van der Waals surface area (Å²) in [6, 6.07) is 6.89. The van der Waals surface area contributed by atoms with Gasteiger partial charge in [0.25, 0.3) is 0 Å². The van der Waals surface area contributed by atoms with E-state index < -0.39 is 11.8 Å². The molecule has 1 aliphatic carbocycles. The lowest BCUT2D eigenvalue weighted by atomic mass is 10.1. The summed E-state index contributed by atoms with van der Waals surface area (Å²) in [5.74, 6) is -0.140. The van der Waals surface area contributed by atoms with E-state index in [0.717, 1.165) is 47.3 Å². The van der Waals surface area contributed by atoms with E-state index in [1.807, 2.05) is 13.8 Å². The minimum Gasteiger partial charge on any atom is -0.508 e. The Kier molecular flexibility index (Phi) is 4.35. The normalized spacial score (nSPS) is 12.6. The van der Waals surface area contributed by atoms with Gasteiger partial charge < -0.3 is 20.9 Å². The molecule has 2 aromatic carbocycles. The van der Waals surface area contributed by atoms with Crippen LogP contribution in [0.1, 0.15) is 28.7 Å². The number of fused-ring (bicyclic) bond motifs is 1. The Morgan fingerprint density at radius 2 is 1.76 bits per heavy atom. The maximum Gasteiger partial charge on any atom is 0.313 e. The minimum absolute atomic E-state index is 0.317. The van der Waals surface area contributed by atoms with Crippen LogP contribution in [0.25, 0.3) is 0 Å². The Hall–Kier alpha value is -3.02. The van der Waals surface area contributed by atoms with Crippen molar-refractivity contribution in [1.82, 2.24) is 0 Å². The van der Waals surface area contributed by atoms with Gasteiger partial charge in [0.2, 0.25) is 0 Å². The first-order valence-corrected chi connectivity index (χ1v) is 8.10. The van der Waals surface area contributed by atoms with Crippen molar-refractivity contribution in [2.75, 3.05) is 5.32 Å². The topological polar surface area (TPSA) is 102 Å². The number of carbonyl (C=O) groups is 2. The van der Waals surface area contributed by atoms with Crippen molar-refractivity contribution in [3.63, 3.8) is 0 Å². The second-order valence-corrected chi connectivity index (χ2v) is 6.25. The van der Waals surface area contributed by atoms with Gasteiger partial charge in [-0.15, -0.1) is 0 Å². The number of aryl methyl sites for hydroxylation is 2. The van der Waals surface area contributed by atoms with E-state index in [-0.39, 0.29) is 0 Å². The minimum atomic E-state index is -1.03. The van der Waals surface area contributed by atoms with Crippen LogP contribution in [0.3, 0.4) is 0 Å². The predicted octanol–water partition coefficient (Wildman–Crippen LogP) is 2.71. The molecular formula is C19H20N2O4. The van der Waals surface area contributed by atoms with E-state index in [1.54, 1.807) is 24.3 Å². The van der Waals surface area contributed by atoms with Crippen molar-refractivity contribution < 1.29 is 19.4 Å². The van der Waals surface area contributed by atoms with Crippen LogP contribution in [0.15, 0.2) is 24.3 Å². The number of nitrogens with two attached hydrogens (primary N) is 1. The fraction of sp³-hybridized carbons (Fsp3) is 0.263. The van der Waals surface area contributed by atoms with Crippen molar-refractivity contribution >= 4 is 17.5 Å². The molecule has 0 saturated carbocycles. The van der Waals surface area contributed by atoms with Crippen LogP contribution in [0.2, 0.25) is 0 Å². The van der Waals surface area contributed by atoms with E-state index >= 15 is 0 Å². The largest absolute Gasteiger partial charge is 0.508 e. The van der Waals surface area contributed by atoms with E-state index in [9.17, 15) is 14.7 Å². The number of phenolic OH excluding ortho intramolecular Hbond substituents is 1. The van der Waals surface area contributed by atoms with Crippen LogP contribution in [0.4, 0.5) is 5.69 Å². The van der Waals surface area contributed by atoms with Gasteiger partial charge in [0.05, 0.1) is 0 Å². The van der Waals surface area contributed by atoms with Crippen molar-refractivity contribution in [1.29, 1.82) is 0 Å². The highest BCUT2D eigenvalue weighted by atomic mass is 16.5.